The van der Waals surface area contributed by atoms with E-state index in [-0.39, 0.29) is 0 Å². The highest BCUT2D eigenvalue weighted by Crippen LogP contribution is 2.18. The number of aliphatic hydroxyl groups excluding tert-OH is 1. The van der Waals surface area contributed by atoms with Gasteiger partial charge in [-0.25, -0.2) is 0 Å². The average molecular weight is 325 g/mol. The fraction of sp³-hybridized carbons (Fsp3) is 0.357. The molecule has 1 aromatic heterocycles. The van der Waals surface area contributed by atoms with Crippen LogP contribution in [0.3, 0.4) is 0 Å². The maximum Gasteiger partial charge on any atom is 0.133 e. The van der Waals surface area contributed by atoms with Gasteiger partial charge in [-0.2, -0.15) is 0 Å². The molecule has 0 aliphatic carbocycles. The highest BCUT2D eigenvalue weighted by molar-refractivity contribution is 9.10. The fourth-order valence-electron chi connectivity index (χ4n) is 1.92. The number of likely N-dealkylation sites (N-methyl/N-ethyl adjacent to an activating group) is 1. The normalized spacial score (nSPS) is 12.9. The number of rotatable bonds is 5. The Hall–Kier alpha value is -1.17. The molecule has 0 fully saturated rings. The highest BCUT2D eigenvalue weighted by Gasteiger charge is 2.12. The molecule has 4 nitrogen and oxygen atoms in total. The van der Waals surface area contributed by atoms with Crippen LogP contribution in [0, 0.1) is 6.92 Å². The topological polar surface area (TPSA) is 49.5 Å². The van der Waals surface area contributed by atoms with E-state index in [0.717, 1.165) is 21.5 Å². The van der Waals surface area contributed by atoms with Crippen LogP contribution in [-0.4, -0.2) is 28.8 Å². The van der Waals surface area contributed by atoms with E-state index >= 15 is 0 Å². The molecule has 1 aromatic carbocycles. The number of hydrogen-bond acceptors (Lipinski definition) is 4. The molecule has 0 bridgehead atoms. The van der Waals surface area contributed by atoms with Crippen LogP contribution in [-0.2, 0) is 6.54 Å². The van der Waals surface area contributed by atoms with E-state index in [1.807, 2.05) is 49.2 Å². The minimum Gasteiger partial charge on any atom is -0.387 e. The van der Waals surface area contributed by atoms with E-state index in [4.69, 9.17) is 4.52 Å². The van der Waals surface area contributed by atoms with Gasteiger partial charge >= 0.3 is 0 Å². The van der Waals surface area contributed by atoms with E-state index in [9.17, 15) is 5.11 Å². The van der Waals surface area contributed by atoms with Gasteiger partial charge in [0, 0.05) is 23.6 Å². The quantitative estimate of drug-likeness (QED) is 0.918. The van der Waals surface area contributed by atoms with Crippen LogP contribution in [0.1, 0.15) is 23.1 Å². The van der Waals surface area contributed by atoms with E-state index in [2.05, 4.69) is 21.1 Å². The van der Waals surface area contributed by atoms with E-state index in [0.29, 0.717) is 13.1 Å². The Balaban J connectivity index is 1.91. The van der Waals surface area contributed by atoms with Crippen LogP contribution in [0.2, 0.25) is 0 Å². The first-order chi connectivity index (χ1) is 9.04. The summed E-state index contributed by atoms with van der Waals surface area (Å²) in [6.07, 6.45) is -0.508. The standard InChI is InChI=1S/C14H17BrN2O2/c1-10-7-13(16-19-10)8-17(2)9-14(18)11-3-5-12(15)6-4-11/h3-7,14,18H,8-9H2,1-2H3/t14-/m1/s1. The van der Waals surface area contributed by atoms with Gasteiger partial charge in [-0.15, -0.1) is 0 Å². The number of aromatic nitrogens is 1. The molecule has 0 saturated heterocycles. The number of aliphatic hydroxyl groups is 1. The molecule has 102 valence electrons. The van der Waals surface area contributed by atoms with Gasteiger partial charge < -0.3 is 9.63 Å². The van der Waals surface area contributed by atoms with Crippen LogP contribution >= 0.6 is 15.9 Å². The van der Waals surface area contributed by atoms with Crippen molar-refractivity contribution < 1.29 is 9.63 Å². The third-order valence-corrected chi connectivity index (χ3v) is 3.38. The minimum absolute atomic E-state index is 0.508. The summed E-state index contributed by atoms with van der Waals surface area (Å²) in [5.41, 5.74) is 1.79. The zero-order valence-electron chi connectivity index (χ0n) is 11.0. The molecule has 1 heterocycles. The Morgan fingerprint density at radius 3 is 2.63 bits per heavy atom. The molecule has 0 amide bonds. The fourth-order valence-corrected chi connectivity index (χ4v) is 2.18. The largest absolute Gasteiger partial charge is 0.387 e. The predicted octanol–water partition coefficient (Wildman–Crippen LogP) is 2.91. The maximum absolute atomic E-state index is 10.2. The molecule has 0 spiro atoms. The van der Waals surface area contributed by atoms with Crippen molar-refractivity contribution >= 4 is 15.9 Å². The van der Waals surface area contributed by atoms with Crippen LogP contribution in [0.5, 0.6) is 0 Å². The summed E-state index contributed by atoms with van der Waals surface area (Å²) < 4.78 is 6.03. The van der Waals surface area contributed by atoms with Gasteiger partial charge in [-0.05, 0) is 31.7 Å². The number of benzene rings is 1. The van der Waals surface area contributed by atoms with Crippen molar-refractivity contribution in [3.8, 4) is 0 Å². The molecule has 0 aliphatic rings. The lowest BCUT2D eigenvalue weighted by atomic mass is 10.1. The van der Waals surface area contributed by atoms with Gasteiger partial charge in [0.15, 0.2) is 0 Å². The first-order valence-corrected chi connectivity index (χ1v) is 6.88. The molecule has 19 heavy (non-hydrogen) atoms. The van der Waals surface area contributed by atoms with Crippen LogP contribution < -0.4 is 0 Å². The molecule has 1 N–H and O–H groups in total. The van der Waals surface area contributed by atoms with Gasteiger partial charge in [0.1, 0.15) is 5.76 Å². The molecule has 0 radical (unpaired) electrons. The van der Waals surface area contributed by atoms with Crippen molar-refractivity contribution in [2.45, 2.75) is 19.6 Å². The number of hydrogen-bond donors (Lipinski definition) is 1. The molecule has 0 aliphatic heterocycles. The lowest BCUT2D eigenvalue weighted by molar-refractivity contribution is 0.122. The Bertz CT molecular complexity index is 524. The van der Waals surface area contributed by atoms with Crippen molar-refractivity contribution in [3.63, 3.8) is 0 Å². The van der Waals surface area contributed by atoms with E-state index in [1.54, 1.807) is 0 Å². The Morgan fingerprint density at radius 2 is 2.05 bits per heavy atom. The zero-order chi connectivity index (χ0) is 13.8. The first kappa shape index (κ1) is 14.2. The second-order valence-corrected chi connectivity index (χ2v) is 5.61. The van der Waals surface area contributed by atoms with Crippen molar-refractivity contribution in [3.05, 3.63) is 51.8 Å². The summed E-state index contributed by atoms with van der Waals surface area (Å²) in [5, 5.41) is 14.1. The van der Waals surface area contributed by atoms with Crippen LogP contribution in [0.15, 0.2) is 39.3 Å². The summed E-state index contributed by atoms with van der Waals surface area (Å²) >= 11 is 3.38. The first-order valence-electron chi connectivity index (χ1n) is 6.09. The lowest BCUT2D eigenvalue weighted by Gasteiger charge is -2.19. The number of aryl methyl sites for hydroxylation is 1. The van der Waals surface area contributed by atoms with Gasteiger partial charge in [-0.1, -0.05) is 33.2 Å². The molecule has 0 saturated carbocycles. The van der Waals surface area contributed by atoms with Gasteiger partial charge in [-0.3, -0.25) is 4.90 Å². The summed E-state index contributed by atoms with van der Waals surface area (Å²) in [6, 6.07) is 9.60. The summed E-state index contributed by atoms with van der Waals surface area (Å²) in [5.74, 6) is 0.803. The second kappa shape index (κ2) is 6.32. The monoisotopic (exact) mass is 324 g/mol. The minimum atomic E-state index is -0.508. The summed E-state index contributed by atoms with van der Waals surface area (Å²) in [7, 11) is 1.95. The van der Waals surface area contributed by atoms with Crippen LogP contribution in [0.4, 0.5) is 0 Å². The number of nitrogens with zero attached hydrogens (tertiary/aromatic N) is 2. The molecular formula is C14H17BrN2O2. The summed E-state index contributed by atoms with van der Waals surface area (Å²) in [6.45, 7) is 3.08. The SMILES string of the molecule is Cc1cc(CN(C)C[C@@H](O)c2ccc(Br)cc2)no1. The molecule has 2 aromatic rings. The maximum atomic E-state index is 10.2. The third-order valence-electron chi connectivity index (χ3n) is 2.85. The Morgan fingerprint density at radius 1 is 1.37 bits per heavy atom. The highest BCUT2D eigenvalue weighted by atomic mass is 79.9. The van der Waals surface area contributed by atoms with Gasteiger partial charge in [0.2, 0.25) is 0 Å². The molecule has 5 heteroatoms. The van der Waals surface area contributed by atoms with E-state index < -0.39 is 6.10 Å². The second-order valence-electron chi connectivity index (χ2n) is 4.69. The third kappa shape index (κ3) is 4.16. The molecule has 1 atom stereocenters. The summed E-state index contributed by atoms with van der Waals surface area (Å²) in [4.78, 5) is 2.02. The average Bonchev–Trinajstić information content (AvgIpc) is 2.75. The van der Waals surface area contributed by atoms with Crippen molar-refractivity contribution in [2.24, 2.45) is 0 Å². The number of halogens is 1. The Labute approximate surface area is 121 Å². The van der Waals surface area contributed by atoms with Crippen molar-refractivity contribution in [1.29, 1.82) is 0 Å². The zero-order valence-corrected chi connectivity index (χ0v) is 12.6. The smallest absolute Gasteiger partial charge is 0.133 e. The van der Waals surface area contributed by atoms with Gasteiger partial charge in [0.05, 0.1) is 11.8 Å². The van der Waals surface area contributed by atoms with Gasteiger partial charge in [0.25, 0.3) is 0 Å². The molecule has 0 unspecified atom stereocenters. The molecule has 2 rings (SSSR count). The Kier molecular flexibility index (Phi) is 4.74. The lowest BCUT2D eigenvalue weighted by Crippen LogP contribution is -2.24. The van der Waals surface area contributed by atoms with Crippen LogP contribution in [0.25, 0.3) is 0 Å². The predicted molar refractivity (Wildman–Crippen MR) is 76.7 cm³/mol. The van der Waals surface area contributed by atoms with Crippen molar-refractivity contribution in [1.82, 2.24) is 10.1 Å². The molecular weight excluding hydrogens is 308 g/mol. The van der Waals surface area contributed by atoms with E-state index in [1.165, 1.54) is 0 Å². The van der Waals surface area contributed by atoms with Crippen molar-refractivity contribution in [2.75, 3.05) is 13.6 Å².